The quantitative estimate of drug-likeness (QED) is 0.910. The highest BCUT2D eigenvalue weighted by molar-refractivity contribution is 5.98. The summed E-state index contributed by atoms with van der Waals surface area (Å²) in [6.07, 6.45) is 0. The Kier molecular flexibility index (Phi) is 4.58. The molecule has 0 fully saturated rings. The molecule has 4 heteroatoms. The lowest BCUT2D eigenvalue weighted by Crippen LogP contribution is -2.43. The molecule has 0 atom stereocenters. The summed E-state index contributed by atoms with van der Waals surface area (Å²) in [5.74, 6) is 0.760. The van der Waals surface area contributed by atoms with Gasteiger partial charge < -0.3 is 14.7 Å². The van der Waals surface area contributed by atoms with Crippen LogP contribution in [0.4, 0.5) is 5.69 Å². The standard InChI is InChI=1S/C15H23NO3/c1-10(2)12-9-11(7-8-13(12)19-6)16(5)14(17)15(3,4)18/h7-10,18H,1-6H3. The Hall–Kier alpha value is -1.55. The van der Waals surface area contributed by atoms with Gasteiger partial charge in [0.1, 0.15) is 11.4 Å². The topological polar surface area (TPSA) is 49.8 Å². The lowest BCUT2D eigenvalue weighted by Gasteiger charge is -2.26. The van der Waals surface area contributed by atoms with Crippen molar-refractivity contribution in [3.63, 3.8) is 0 Å². The third-order valence-corrected chi connectivity index (χ3v) is 3.05. The van der Waals surface area contributed by atoms with Crippen molar-refractivity contribution in [1.82, 2.24) is 0 Å². The van der Waals surface area contributed by atoms with Crippen molar-refractivity contribution >= 4 is 11.6 Å². The fourth-order valence-electron chi connectivity index (χ4n) is 1.91. The fraction of sp³-hybridized carbons (Fsp3) is 0.533. The van der Waals surface area contributed by atoms with Gasteiger partial charge in [-0.15, -0.1) is 0 Å². The highest BCUT2D eigenvalue weighted by Crippen LogP contribution is 2.30. The summed E-state index contributed by atoms with van der Waals surface area (Å²) in [5.41, 5.74) is 0.402. The number of amides is 1. The summed E-state index contributed by atoms with van der Waals surface area (Å²) in [5, 5.41) is 9.78. The van der Waals surface area contributed by atoms with E-state index in [0.29, 0.717) is 5.92 Å². The first-order chi connectivity index (χ1) is 8.68. The van der Waals surface area contributed by atoms with Crippen LogP contribution in [0.1, 0.15) is 39.2 Å². The zero-order valence-electron chi connectivity index (χ0n) is 12.5. The molecule has 0 spiro atoms. The zero-order chi connectivity index (χ0) is 14.8. The summed E-state index contributed by atoms with van der Waals surface area (Å²) in [7, 11) is 3.29. The number of hydrogen-bond acceptors (Lipinski definition) is 3. The van der Waals surface area contributed by atoms with Crippen LogP contribution in [0.25, 0.3) is 0 Å². The normalized spacial score (nSPS) is 11.6. The zero-order valence-corrected chi connectivity index (χ0v) is 12.5. The van der Waals surface area contributed by atoms with Crippen LogP contribution in [0.5, 0.6) is 5.75 Å². The van der Waals surface area contributed by atoms with Crippen LogP contribution in [0.15, 0.2) is 18.2 Å². The Morgan fingerprint density at radius 1 is 1.37 bits per heavy atom. The van der Waals surface area contributed by atoms with Crippen LogP contribution >= 0.6 is 0 Å². The van der Waals surface area contributed by atoms with Crippen molar-refractivity contribution < 1.29 is 14.6 Å². The van der Waals surface area contributed by atoms with Crippen molar-refractivity contribution in [2.75, 3.05) is 19.1 Å². The number of methoxy groups -OCH3 is 1. The maximum Gasteiger partial charge on any atom is 0.258 e. The molecule has 1 rings (SSSR count). The van der Waals surface area contributed by atoms with Crippen molar-refractivity contribution in [2.24, 2.45) is 0 Å². The van der Waals surface area contributed by atoms with Gasteiger partial charge in [-0.3, -0.25) is 4.79 Å². The average molecular weight is 265 g/mol. The minimum atomic E-state index is -1.38. The van der Waals surface area contributed by atoms with E-state index in [1.165, 1.54) is 18.7 Å². The number of carbonyl (C=O) groups excluding carboxylic acids is 1. The van der Waals surface area contributed by atoms with Crippen LogP contribution in [0.3, 0.4) is 0 Å². The molecule has 1 aromatic carbocycles. The molecule has 0 saturated carbocycles. The number of rotatable bonds is 4. The molecule has 0 unspecified atom stereocenters. The molecule has 1 amide bonds. The van der Waals surface area contributed by atoms with Crippen LogP contribution in [0.2, 0.25) is 0 Å². The second kappa shape index (κ2) is 5.61. The average Bonchev–Trinajstić information content (AvgIpc) is 2.34. The monoisotopic (exact) mass is 265 g/mol. The van der Waals surface area contributed by atoms with Gasteiger partial charge in [0.2, 0.25) is 0 Å². The highest BCUT2D eigenvalue weighted by Gasteiger charge is 2.28. The van der Waals surface area contributed by atoms with E-state index >= 15 is 0 Å². The van der Waals surface area contributed by atoms with Gasteiger partial charge in [0.25, 0.3) is 5.91 Å². The van der Waals surface area contributed by atoms with Crippen LogP contribution in [-0.2, 0) is 4.79 Å². The SMILES string of the molecule is COc1ccc(N(C)C(=O)C(C)(C)O)cc1C(C)C. The number of nitrogens with zero attached hydrogens (tertiary/aromatic N) is 1. The lowest BCUT2D eigenvalue weighted by molar-refractivity contribution is -0.133. The minimum Gasteiger partial charge on any atom is -0.496 e. The van der Waals surface area contributed by atoms with E-state index in [1.54, 1.807) is 14.2 Å². The van der Waals surface area contributed by atoms with E-state index < -0.39 is 5.60 Å². The summed E-state index contributed by atoms with van der Waals surface area (Å²) in [6.45, 7) is 7.11. The van der Waals surface area contributed by atoms with Crippen molar-refractivity contribution in [3.05, 3.63) is 23.8 Å². The molecule has 106 valence electrons. The molecule has 0 saturated heterocycles. The van der Waals surface area contributed by atoms with Crippen molar-refractivity contribution in [1.29, 1.82) is 0 Å². The number of ether oxygens (including phenoxy) is 1. The molecule has 1 aromatic rings. The first kappa shape index (κ1) is 15.5. The minimum absolute atomic E-state index is 0.292. The molecule has 0 aromatic heterocycles. The van der Waals surface area contributed by atoms with Crippen LogP contribution < -0.4 is 9.64 Å². The summed E-state index contributed by atoms with van der Waals surface area (Å²) in [4.78, 5) is 13.5. The van der Waals surface area contributed by atoms with E-state index in [-0.39, 0.29) is 5.91 Å². The molecule has 4 nitrogen and oxygen atoms in total. The maximum absolute atomic E-state index is 12.0. The van der Waals surface area contributed by atoms with Crippen LogP contribution in [0, 0.1) is 0 Å². The van der Waals surface area contributed by atoms with Gasteiger partial charge >= 0.3 is 0 Å². The Labute approximate surface area is 115 Å². The first-order valence-corrected chi connectivity index (χ1v) is 6.37. The van der Waals surface area contributed by atoms with Gasteiger partial charge in [-0.2, -0.15) is 0 Å². The number of likely N-dealkylation sites (N-methyl/N-ethyl adjacent to an activating group) is 1. The van der Waals surface area contributed by atoms with Gasteiger partial charge in [-0.25, -0.2) is 0 Å². The van der Waals surface area contributed by atoms with E-state index in [4.69, 9.17) is 4.74 Å². The van der Waals surface area contributed by atoms with Gasteiger partial charge in [0.15, 0.2) is 0 Å². The largest absolute Gasteiger partial charge is 0.496 e. The highest BCUT2D eigenvalue weighted by atomic mass is 16.5. The summed E-state index contributed by atoms with van der Waals surface area (Å²) >= 11 is 0. The Morgan fingerprint density at radius 2 is 1.95 bits per heavy atom. The van der Waals surface area contributed by atoms with Gasteiger partial charge in [0, 0.05) is 12.7 Å². The number of aliphatic hydroxyl groups is 1. The van der Waals surface area contributed by atoms with Gasteiger partial charge in [0.05, 0.1) is 7.11 Å². The summed E-state index contributed by atoms with van der Waals surface area (Å²) in [6, 6.07) is 5.58. The molecule has 0 bridgehead atoms. The predicted octanol–water partition coefficient (Wildman–Crippen LogP) is 2.55. The van der Waals surface area contributed by atoms with Gasteiger partial charge in [-0.05, 0) is 43.5 Å². The number of benzene rings is 1. The maximum atomic E-state index is 12.0. The molecule has 0 heterocycles. The number of carbonyl (C=O) groups is 1. The van der Waals surface area contributed by atoms with Gasteiger partial charge in [-0.1, -0.05) is 13.8 Å². The molecule has 0 aliphatic carbocycles. The molecule has 1 N–H and O–H groups in total. The predicted molar refractivity (Wildman–Crippen MR) is 76.8 cm³/mol. The van der Waals surface area contributed by atoms with Crippen molar-refractivity contribution in [2.45, 2.75) is 39.2 Å². The Balaban J connectivity index is 3.15. The third-order valence-electron chi connectivity index (χ3n) is 3.05. The Bertz CT molecular complexity index is 461. The van der Waals surface area contributed by atoms with Crippen LogP contribution in [-0.4, -0.2) is 30.8 Å². The number of anilines is 1. The molecule has 0 radical (unpaired) electrons. The van der Waals surface area contributed by atoms with Crippen molar-refractivity contribution in [3.8, 4) is 5.75 Å². The molecule has 0 aliphatic heterocycles. The third kappa shape index (κ3) is 3.47. The fourth-order valence-corrected chi connectivity index (χ4v) is 1.91. The molecule has 0 aliphatic rings. The second-order valence-corrected chi connectivity index (χ2v) is 5.50. The molecular weight excluding hydrogens is 242 g/mol. The molecular formula is C15H23NO3. The summed E-state index contributed by atoms with van der Waals surface area (Å²) < 4.78 is 5.32. The van der Waals surface area contributed by atoms with E-state index in [0.717, 1.165) is 17.0 Å². The number of hydrogen-bond donors (Lipinski definition) is 1. The lowest BCUT2D eigenvalue weighted by atomic mass is 10.0. The molecule has 19 heavy (non-hydrogen) atoms. The Morgan fingerprint density at radius 3 is 2.37 bits per heavy atom. The smallest absolute Gasteiger partial charge is 0.258 e. The van der Waals surface area contributed by atoms with E-state index in [1.807, 2.05) is 18.2 Å². The second-order valence-electron chi connectivity index (χ2n) is 5.50. The first-order valence-electron chi connectivity index (χ1n) is 6.37. The van der Waals surface area contributed by atoms with E-state index in [2.05, 4.69) is 13.8 Å². The van der Waals surface area contributed by atoms with E-state index in [9.17, 15) is 9.90 Å².